The Hall–Kier alpha value is -4.51. The first-order chi connectivity index (χ1) is 22.5. The molecule has 0 bridgehead atoms. The van der Waals surface area contributed by atoms with Crippen molar-refractivity contribution in [2.45, 2.75) is 52.7 Å². The number of carbonyl (C=O) groups is 2. The molecule has 1 fully saturated rings. The maximum atomic E-state index is 13.5. The van der Waals surface area contributed by atoms with Crippen molar-refractivity contribution < 1.29 is 19.2 Å². The average molecular weight is 700 g/mol. The number of ether oxygens (including phenoxy) is 1. The molecule has 0 spiro atoms. The molecule has 0 saturated carbocycles. The number of amides is 1. The molecule has 1 unspecified atom stereocenters. The van der Waals surface area contributed by atoms with Crippen molar-refractivity contribution in [2.24, 2.45) is 11.1 Å². The second-order valence-electron chi connectivity index (χ2n) is 13.2. The number of aromatic nitrogens is 2. The van der Waals surface area contributed by atoms with E-state index in [1.165, 1.54) is 0 Å². The minimum atomic E-state index is -0.935. The number of anilines is 2. The second-order valence-corrected chi connectivity index (χ2v) is 14.1. The van der Waals surface area contributed by atoms with Crippen LogP contribution in [0, 0.1) is 5.92 Å². The maximum Gasteiger partial charge on any atom is 0.408 e. The number of oxime groups is 1. The normalized spacial score (nSPS) is 15.9. The molecule has 2 aromatic heterocycles. The smallest absolute Gasteiger partial charge is 0.408 e. The van der Waals surface area contributed by atoms with Crippen LogP contribution in [0.2, 0.25) is 0 Å². The Morgan fingerprint density at radius 1 is 0.957 bits per heavy atom. The summed E-state index contributed by atoms with van der Waals surface area (Å²) >= 11 is 3.65. The van der Waals surface area contributed by atoms with Crippen LogP contribution < -0.4 is 15.1 Å². The fourth-order valence-electron chi connectivity index (χ4n) is 6.07. The van der Waals surface area contributed by atoms with Gasteiger partial charge in [-0.15, -0.1) is 0 Å². The molecule has 10 nitrogen and oxygen atoms in total. The van der Waals surface area contributed by atoms with Gasteiger partial charge in [0.2, 0.25) is 0 Å². The Morgan fingerprint density at radius 2 is 1.66 bits per heavy atom. The van der Waals surface area contributed by atoms with Crippen molar-refractivity contribution in [2.75, 3.05) is 36.0 Å². The summed E-state index contributed by atoms with van der Waals surface area (Å²) in [5.41, 5.74) is 4.32. The molecule has 1 amide bonds. The summed E-state index contributed by atoms with van der Waals surface area (Å²) < 4.78 is 6.36. The molecule has 4 aromatic rings. The van der Waals surface area contributed by atoms with Crippen LogP contribution in [0.5, 0.6) is 0 Å². The van der Waals surface area contributed by atoms with Gasteiger partial charge in [-0.1, -0.05) is 65.3 Å². The lowest BCUT2D eigenvalue weighted by Gasteiger charge is -2.37. The fraction of sp³-hybridized carbons (Fsp3) is 0.361. The van der Waals surface area contributed by atoms with Gasteiger partial charge in [-0.25, -0.2) is 19.6 Å². The molecule has 3 heterocycles. The largest absolute Gasteiger partial charge is 0.444 e. The number of fused-ring (bicyclic) bond motifs is 5. The third-order valence-electron chi connectivity index (χ3n) is 8.08. The number of rotatable bonds is 7. The van der Waals surface area contributed by atoms with E-state index in [-0.39, 0.29) is 5.92 Å². The van der Waals surface area contributed by atoms with Gasteiger partial charge < -0.3 is 24.7 Å². The molecule has 1 aliphatic carbocycles. The Morgan fingerprint density at radius 3 is 2.34 bits per heavy atom. The Kier molecular flexibility index (Phi) is 9.18. The van der Waals surface area contributed by atoms with E-state index in [1.807, 2.05) is 68.6 Å². The van der Waals surface area contributed by atoms with Gasteiger partial charge >= 0.3 is 12.1 Å². The number of benzene rings is 2. The van der Waals surface area contributed by atoms with Crippen LogP contribution in [-0.2, 0) is 14.4 Å². The average Bonchev–Trinajstić information content (AvgIpc) is 3.37. The molecular weight excluding hydrogens is 660 g/mol. The molecule has 11 heteroatoms. The van der Waals surface area contributed by atoms with Crippen LogP contribution in [0.15, 0.2) is 76.5 Å². The van der Waals surface area contributed by atoms with Gasteiger partial charge in [-0.2, -0.15) is 0 Å². The summed E-state index contributed by atoms with van der Waals surface area (Å²) in [6, 6.07) is 19.1. The number of nitrogens with one attached hydrogen (secondary N) is 1. The fourth-order valence-corrected chi connectivity index (χ4v) is 6.43. The maximum absolute atomic E-state index is 13.5. The number of hydrogen-bond acceptors (Lipinski definition) is 9. The van der Waals surface area contributed by atoms with Crippen molar-refractivity contribution in [1.29, 1.82) is 0 Å². The van der Waals surface area contributed by atoms with E-state index in [2.05, 4.69) is 53.3 Å². The van der Waals surface area contributed by atoms with Crippen LogP contribution in [0.4, 0.5) is 16.4 Å². The Balaban J connectivity index is 1.39. The van der Waals surface area contributed by atoms with Gasteiger partial charge in [0.1, 0.15) is 29.0 Å². The molecule has 1 atom stereocenters. The van der Waals surface area contributed by atoms with E-state index in [0.717, 1.165) is 75.4 Å². The van der Waals surface area contributed by atoms with Crippen LogP contribution in [0.1, 0.15) is 52.2 Å². The van der Waals surface area contributed by atoms with Gasteiger partial charge in [0.05, 0.1) is 11.1 Å². The first-order valence-corrected chi connectivity index (χ1v) is 16.7. The number of halogens is 1. The number of nitrogens with zero attached hydrogens (tertiary/aromatic N) is 5. The standard InChI is InChI=1S/C36H39BrN6O4/c1-22(2)20-28(40-35(45)46-36(3,4)5)34(44)47-41-32-25-11-7-6-10-24(25)30-26-21-23(37)13-14-27(26)39-33(31(30)32)43-18-16-42(17-19-43)29-12-8-9-15-38-29/h6-15,21-22,28H,16-20H2,1-5H3,(H,40,45)/b41-32+. The molecule has 0 radical (unpaired) electrons. The Bertz CT molecular complexity index is 1830. The molecule has 47 heavy (non-hydrogen) atoms. The molecule has 2 aromatic carbocycles. The first kappa shape index (κ1) is 32.4. The van der Waals surface area contributed by atoms with Crippen LogP contribution in [-0.4, -0.2) is 65.6 Å². The van der Waals surface area contributed by atoms with Crippen LogP contribution in [0.3, 0.4) is 0 Å². The molecule has 6 rings (SSSR count). The molecular formula is C36H39BrN6O4. The number of pyridine rings is 2. The molecule has 1 aliphatic heterocycles. The first-order valence-electron chi connectivity index (χ1n) is 15.9. The summed E-state index contributed by atoms with van der Waals surface area (Å²) in [6.07, 6.45) is 1.49. The van der Waals surface area contributed by atoms with E-state index < -0.39 is 23.7 Å². The summed E-state index contributed by atoms with van der Waals surface area (Å²) in [6.45, 7) is 12.2. The highest BCUT2D eigenvalue weighted by Crippen LogP contribution is 2.46. The van der Waals surface area contributed by atoms with Gasteiger partial charge in [0.15, 0.2) is 0 Å². The topological polar surface area (TPSA) is 109 Å². The van der Waals surface area contributed by atoms with Gasteiger partial charge in [0, 0.05) is 53.4 Å². The quantitative estimate of drug-likeness (QED) is 0.144. The Labute approximate surface area is 283 Å². The summed E-state index contributed by atoms with van der Waals surface area (Å²) in [5.74, 6) is 1.18. The molecule has 244 valence electrons. The number of alkyl carbamates (subject to hydrolysis) is 1. The lowest BCUT2D eigenvalue weighted by Crippen LogP contribution is -2.47. The highest BCUT2D eigenvalue weighted by molar-refractivity contribution is 9.10. The summed E-state index contributed by atoms with van der Waals surface area (Å²) in [4.78, 5) is 46.1. The molecule has 1 saturated heterocycles. The van der Waals surface area contributed by atoms with Crippen molar-refractivity contribution in [1.82, 2.24) is 15.3 Å². The third-order valence-corrected chi connectivity index (χ3v) is 8.57. The van der Waals surface area contributed by atoms with Crippen molar-refractivity contribution in [3.05, 3.63) is 82.5 Å². The number of hydrogen-bond donors (Lipinski definition) is 1. The minimum Gasteiger partial charge on any atom is -0.444 e. The number of piperazine rings is 1. The minimum absolute atomic E-state index is 0.105. The zero-order valence-corrected chi connectivity index (χ0v) is 28.9. The zero-order valence-electron chi connectivity index (χ0n) is 27.3. The lowest BCUT2D eigenvalue weighted by molar-refractivity contribution is -0.146. The third kappa shape index (κ3) is 7.10. The predicted molar refractivity (Wildman–Crippen MR) is 188 cm³/mol. The van der Waals surface area contributed by atoms with Gasteiger partial charge in [-0.05, 0) is 69.0 Å². The number of carbonyl (C=O) groups excluding carboxylic acids is 2. The van der Waals surface area contributed by atoms with Crippen molar-refractivity contribution in [3.63, 3.8) is 0 Å². The SMILES string of the molecule is CC(C)CC(NC(=O)OC(C)(C)C)C(=O)O/N=C1\c2ccccc2-c2c1c(N1CCN(c3ccccn3)CC1)nc1ccc(Br)cc21. The van der Waals surface area contributed by atoms with Crippen molar-refractivity contribution in [3.8, 4) is 11.1 Å². The lowest BCUT2D eigenvalue weighted by atomic mass is 10.0. The van der Waals surface area contributed by atoms with Crippen molar-refractivity contribution >= 4 is 56.2 Å². The highest BCUT2D eigenvalue weighted by atomic mass is 79.9. The van der Waals surface area contributed by atoms with E-state index in [1.54, 1.807) is 20.8 Å². The monoisotopic (exact) mass is 698 g/mol. The summed E-state index contributed by atoms with van der Waals surface area (Å²) in [7, 11) is 0. The summed E-state index contributed by atoms with van der Waals surface area (Å²) in [5, 5.41) is 8.20. The van der Waals surface area contributed by atoms with Crippen LogP contribution in [0.25, 0.3) is 22.0 Å². The molecule has 1 N–H and O–H groups in total. The van der Waals surface area contributed by atoms with E-state index in [0.29, 0.717) is 12.1 Å². The van der Waals surface area contributed by atoms with Gasteiger partial charge in [-0.3, -0.25) is 0 Å². The van der Waals surface area contributed by atoms with E-state index in [4.69, 9.17) is 14.6 Å². The zero-order chi connectivity index (χ0) is 33.3. The van der Waals surface area contributed by atoms with E-state index >= 15 is 0 Å². The highest BCUT2D eigenvalue weighted by Gasteiger charge is 2.35. The molecule has 2 aliphatic rings. The second kappa shape index (κ2) is 13.3. The predicted octanol–water partition coefficient (Wildman–Crippen LogP) is 6.93. The van der Waals surface area contributed by atoms with E-state index in [9.17, 15) is 9.59 Å². The van der Waals surface area contributed by atoms with Crippen LogP contribution >= 0.6 is 15.9 Å². The van der Waals surface area contributed by atoms with Gasteiger partial charge in [0.25, 0.3) is 0 Å².